The highest BCUT2D eigenvalue weighted by atomic mass is 16.5. The predicted octanol–water partition coefficient (Wildman–Crippen LogP) is 2.63. The molecule has 0 fully saturated rings. The van der Waals surface area contributed by atoms with Gasteiger partial charge in [0.1, 0.15) is 5.69 Å². The molecule has 0 spiro atoms. The van der Waals surface area contributed by atoms with E-state index in [1.807, 2.05) is 11.6 Å². The number of benzene rings is 1. The van der Waals surface area contributed by atoms with Gasteiger partial charge >= 0.3 is 0 Å². The summed E-state index contributed by atoms with van der Waals surface area (Å²) in [4.78, 5) is 8.60. The van der Waals surface area contributed by atoms with Gasteiger partial charge in [0, 0.05) is 12.6 Å². The third kappa shape index (κ3) is 1.66. The second kappa shape index (κ2) is 4.30. The van der Waals surface area contributed by atoms with E-state index in [0.29, 0.717) is 11.7 Å². The standard InChI is InChI=1S/C15H14N4O/c1-19-9-16-8-13(19)14-17-15(20-18-14)12-7-3-5-10-4-2-6-11(10)12/h3,5,7-9H,2,4,6H2,1H3. The number of nitrogens with zero attached hydrogens (tertiary/aromatic N) is 4. The van der Waals surface area contributed by atoms with Gasteiger partial charge in [-0.15, -0.1) is 0 Å². The van der Waals surface area contributed by atoms with Crippen LogP contribution in [0.15, 0.2) is 35.2 Å². The molecule has 1 aromatic carbocycles. The summed E-state index contributed by atoms with van der Waals surface area (Å²) in [6.45, 7) is 0. The molecular formula is C15H14N4O. The van der Waals surface area contributed by atoms with Crippen molar-refractivity contribution in [1.82, 2.24) is 19.7 Å². The molecule has 4 rings (SSSR count). The van der Waals surface area contributed by atoms with Gasteiger partial charge in [0.15, 0.2) is 0 Å². The Hall–Kier alpha value is -2.43. The fourth-order valence-corrected chi connectivity index (χ4v) is 2.83. The minimum Gasteiger partial charge on any atom is -0.334 e. The van der Waals surface area contributed by atoms with Crippen LogP contribution in [0.4, 0.5) is 0 Å². The van der Waals surface area contributed by atoms with E-state index >= 15 is 0 Å². The lowest BCUT2D eigenvalue weighted by Crippen LogP contribution is -1.91. The van der Waals surface area contributed by atoms with E-state index in [-0.39, 0.29) is 0 Å². The van der Waals surface area contributed by atoms with Gasteiger partial charge in [-0.25, -0.2) is 4.98 Å². The van der Waals surface area contributed by atoms with E-state index < -0.39 is 0 Å². The molecule has 3 aromatic rings. The van der Waals surface area contributed by atoms with Crippen molar-refractivity contribution in [1.29, 1.82) is 0 Å². The lowest BCUT2D eigenvalue weighted by molar-refractivity contribution is 0.431. The summed E-state index contributed by atoms with van der Waals surface area (Å²) in [5.41, 5.74) is 4.68. The number of aromatic nitrogens is 4. The molecule has 0 bridgehead atoms. The molecule has 0 atom stereocenters. The summed E-state index contributed by atoms with van der Waals surface area (Å²) in [5.74, 6) is 1.18. The van der Waals surface area contributed by atoms with Crippen molar-refractivity contribution in [3.05, 3.63) is 41.9 Å². The van der Waals surface area contributed by atoms with E-state index in [1.165, 1.54) is 17.5 Å². The van der Waals surface area contributed by atoms with Crippen LogP contribution in [0.1, 0.15) is 17.5 Å². The van der Waals surface area contributed by atoms with Crippen molar-refractivity contribution in [2.24, 2.45) is 7.05 Å². The molecule has 5 heteroatoms. The first-order valence-corrected chi connectivity index (χ1v) is 6.74. The van der Waals surface area contributed by atoms with Gasteiger partial charge in [0.05, 0.1) is 12.5 Å². The fourth-order valence-electron chi connectivity index (χ4n) is 2.83. The number of fused-ring (bicyclic) bond motifs is 1. The molecule has 20 heavy (non-hydrogen) atoms. The summed E-state index contributed by atoms with van der Waals surface area (Å²) in [7, 11) is 1.92. The van der Waals surface area contributed by atoms with E-state index in [1.54, 1.807) is 12.5 Å². The molecule has 0 unspecified atom stereocenters. The van der Waals surface area contributed by atoms with Crippen molar-refractivity contribution in [2.75, 3.05) is 0 Å². The molecule has 0 saturated heterocycles. The van der Waals surface area contributed by atoms with Crippen LogP contribution < -0.4 is 0 Å². The lowest BCUT2D eigenvalue weighted by atomic mass is 10.0. The van der Waals surface area contributed by atoms with Crippen LogP contribution >= 0.6 is 0 Å². The molecular weight excluding hydrogens is 252 g/mol. The van der Waals surface area contributed by atoms with Gasteiger partial charge in [-0.2, -0.15) is 4.98 Å². The Morgan fingerprint density at radius 1 is 1.25 bits per heavy atom. The third-order valence-electron chi connectivity index (χ3n) is 3.85. The normalized spacial score (nSPS) is 13.7. The number of imidazole rings is 1. The average Bonchev–Trinajstić information content (AvgIpc) is 3.17. The summed E-state index contributed by atoms with van der Waals surface area (Å²) < 4.78 is 7.33. The summed E-state index contributed by atoms with van der Waals surface area (Å²) in [6.07, 6.45) is 6.91. The topological polar surface area (TPSA) is 56.7 Å². The van der Waals surface area contributed by atoms with Crippen molar-refractivity contribution >= 4 is 0 Å². The minimum absolute atomic E-state index is 0.579. The smallest absolute Gasteiger partial charge is 0.258 e. The monoisotopic (exact) mass is 266 g/mol. The zero-order chi connectivity index (χ0) is 13.5. The molecule has 5 nitrogen and oxygen atoms in total. The van der Waals surface area contributed by atoms with Crippen LogP contribution in [0.25, 0.3) is 23.0 Å². The quantitative estimate of drug-likeness (QED) is 0.715. The van der Waals surface area contributed by atoms with Gasteiger partial charge in [0.25, 0.3) is 5.89 Å². The average molecular weight is 266 g/mol. The first-order valence-electron chi connectivity index (χ1n) is 6.74. The molecule has 100 valence electrons. The number of hydrogen-bond acceptors (Lipinski definition) is 4. The van der Waals surface area contributed by atoms with Gasteiger partial charge in [0.2, 0.25) is 5.82 Å². The van der Waals surface area contributed by atoms with Crippen LogP contribution in [-0.4, -0.2) is 19.7 Å². The molecule has 2 aromatic heterocycles. The maximum atomic E-state index is 5.45. The van der Waals surface area contributed by atoms with Crippen LogP contribution in [0, 0.1) is 0 Å². The second-order valence-electron chi connectivity index (χ2n) is 5.11. The summed E-state index contributed by atoms with van der Waals surface area (Å²) in [6, 6.07) is 6.31. The minimum atomic E-state index is 0.579. The third-order valence-corrected chi connectivity index (χ3v) is 3.85. The largest absolute Gasteiger partial charge is 0.334 e. The van der Waals surface area contributed by atoms with Crippen LogP contribution in [0.5, 0.6) is 0 Å². The SMILES string of the molecule is Cn1cncc1-c1noc(-c2cccc3c2CCC3)n1. The molecule has 0 saturated carbocycles. The first-order chi connectivity index (χ1) is 9.83. The highest BCUT2D eigenvalue weighted by Gasteiger charge is 2.20. The van der Waals surface area contributed by atoms with E-state index in [4.69, 9.17) is 4.52 Å². The summed E-state index contributed by atoms with van der Waals surface area (Å²) in [5, 5.41) is 4.07. The second-order valence-corrected chi connectivity index (χ2v) is 5.11. The lowest BCUT2D eigenvalue weighted by Gasteiger charge is -2.03. The maximum Gasteiger partial charge on any atom is 0.258 e. The van der Waals surface area contributed by atoms with Crippen LogP contribution in [0.3, 0.4) is 0 Å². The Bertz CT molecular complexity index is 772. The number of aryl methyl sites for hydroxylation is 2. The Labute approximate surface area is 116 Å². The number of hydrogen-bond donors (Lipinski definition) is 0. The van der Waals surface area contributed by atoms with E-state index in [0.717, 1.165) is 24.1 Å². The molecule has 2 heterocycles. The van der Waals surface area contributed by atoms with E-state index in [9.17, 15) is 0 Å². The highest BCUT2D eigenvalue weighted by Crippen LogP contribution is 2.32. The fraction of sp³-hybridized carbons (Fsp3) is 0.267. The maximum absolute atomic E-state index is 5.45. The Morgan fingerprint density at radius 3 is 3.05 bits per heavy atom. The van der Waals surface area contributed by atoms with Gasteiger partial charge in [-0.1, -0.05) is 17.3 Å². The van der Waals surface area contributed by atoms with Gasteiger partial charge in [-0.05, 0) is 36.5 Å². The van der Waals surface area contributed by atoms with Crippen molar-refractivity contribution < 1.29 is 4.52 Å². The Kier molecular flexibility index (Phi) is 2.45. The van der Waals surface area contributed by atoms with Crippen molar-refractivity contribution in [3.63, 3.8) is 0 Å². The van der Waals surface area contributed by atoms with Gasteiger partial charge in [-0.3, -0.25) is 0 Å². The van der Waals surface area contributed by atoms with Crippen LogP contribution in [0.2, 0.25) is 0 Å². The zero-order valence-corrected chi connectivity index (χ0v) is 11.2. The molecule has 1 aliphatic carbocycles. The Balaban J connectivity index is 1.80. The van der Waals surface area contributed by atoms with E-state index in [2.05, 4.69) is 33.3 Å². The van der Waals surface area contributed by atoms with Crippen LogP contribution in [-0.2, 0) is 19.9 Å². The van der Waals surface area contributed by atoms with Crippen molar-refractivity contribution in [3.8, 4) is 23.0 Å². The molecule has 0 amide bonds. The molecule has 0 aliphatic heterocycles. The molecule has 0 radical (unpaired) electrons. The van der Waals surface area contributed by atoms with Gasteiger partial charge < -0.3 is 9.09 Å². The molecule has 0 N–H and O–H groups in total. The summed E-state index contributed by atoms with van der Waals surface area (Å²) >= 11 is 0. The molecule has 1 aliphatic rings. The zero-order valence-electron chi connectivity index (χ0n) is 11.2. The number of rotatable bonds is 2. The highest BCUT2D eigenvalue weighted by molar-refractivity contribution is 5.64. The Morgan fingerprint density at radius 2 is 2.20 bits per heavy atom. The van der Waals surface area contributed by atoms with Crippen molar-refractivity contribution in [2.45, 2.75) is 19.3 Å². The first kappa shape index (κ1) is 11.4. The predicted molar refractivity (Wildman–Crippen MR) is 74.0 cm³/mol.